The average molecular weight is 415 g/mol. The number of methoxy groups -OCH3 is 1. The molecule has 7 heteroatoms. The van der Waals surface area contributed by atoms with Gasteiger partial charge in [-0.3, -0.25) is 10.1 Å². The SMILES string of the molecule is COC(=O)c1cc(I)ccc1Sc1ccc([N+](=O)[O-])cc1. The van der Waals surface area contributed by atoms with Gasteiger partial charge in [0.15, 0.2) is 0 Å². The number of carbonyl (C=O) groups is 1. The van der Waals surface area contributed by atoms with Crippen LogP contribution >= 0.6 is 34.4 Å². The van der Waals surface area contributed by atoms with Crippen LogP contribution in [0.3, 0.4) is 0 Å². The number of halogens is 1. The van der Waals surface area contributed by atoms with Crippen molar-refractivity contribution < 1.29 is 14.5 Å². The van der Waals surface area contributed by atoms with E-state index in [0.29, 0.717) is 5.56 Å². The molecule has 108 valence electrons. The minimum Gasteiger partial charge on any atom is -0.465 e. The number of rotatable bonds is 4. The van der Waals surface area contributed by atoms with E-state index in [4.69, 9.17) is 4.74 Å². The maximum absolute atomic E-state index is 11.8. The molecular formula is C14H10INO4S. The number of hydrogen-bond acceptors (Lipinski definition) is 5. The molecule has 0 aliphatic heterocycles. The second kappa shape index (κ2) is 6.90. The van der Waals surface area contributed by atoms with Crippen molar-refractivity contribution in [2.75, 3.05) is 7.11 Å². The van der Waals surface area contributed by atoms with Crippen LogP contribution in [0.15, 0.2) is 52.3 Å². The summed E-state index contributed by atoms with van der Waals surface area (Å²) in [6.07, 6.45) is 0. The lowest BCUT2D eigenvalue weighted by Crippen LogP contribution is -2.03. The molecule has 0 spiro atoms. The summed E-state index contributed by atoms with van der Waals surface area (Å²) >= 11 is 3.48. The van der Waals surface area contributed by atoms with Gasteiger partial charge in [0, 0.05) is 25.5 Å². The second-order valence-electron chi connectivity index (χ2n) is 3.99. The van der Waals surface area contributed by atoms with Crippen LogP contribution in [0.5, 0.6) is 0 Å². The van der Waals surface area contributed by atoms with E-state index in [1.807, 2.05) is 12.1 Å². The molecule has 0 unspecified atom stereocenters. The molecule has 5 nitrogen and oxygen atoms in total. The van der Waals surface area contributed by atoms with Crippen LogP contribution in [0.4, 0.5) is 5.69 Å². The van der Waals surface area contributed by atoms with Crippen LogP contribution < -0.4 is 0 Å². The lowest BCUT2D eigenvalue weighted by Gasteiger charge is -2.08. The zero-order valence-corrected chi connectivity index (χ0v) is 13.9. The van der Waals surface area contributed by atoms with Crippen LogP contribution in [0.2, 0.25) is 0 Å². The fourth-order valence-corrected chi connectivity index (χ4v) is 3.03. The number of carbonyl (C=O) groups excluding carboxylic acids is 1. The topological polar surface area (TPSA) is 69.4 Å². The first kappa shape index (κ1) is 15.8. The molecule has 0 atom stereocenters. The van der Waals surface area contributed by atoms with Crippen LogP contribution in [0.25, 0.3) is 0 Å². The highest BCUT2D eigenvalue weighted by molar-refractivity contribution is 14.1. The van der Waals surface area contributed by atoms with Crippen molar-refractivity contribution in [3.05, 3.63) is 61.7 Å². The minimum atomic E-state index is -0.445. The molecule has 0 N–H and O–H groups in total. The monoisotopic (exact) mass is 415 g/mol. The molecule has 0 bridgehead atoms. The molecule has 2 aromatic carbocycles. The van der Waals surface area contributed by atoms with E-state index >= 15 is 0 Å². The Kier molecular flexibility index (Phi) is 5.18. The van der Waals surface area contributed by atoms with Crippen LogP contribution in [0.1, 0.15) is 10.4 Å². The van der Waals surface area contributed by atoms with Gasteiger partial charge in [0.25, 0.3) is 5.69 Å². The summed E-state index contributed by atoms with van der Waals surface area (Å²) in [6, 6.07) is 11.7. The largest absolute Gasteiger partial charge is 0.465 e. The van der Waals surface area contributed by atoms with Crippen LogP contribution in [-0.2, 0) is 4.74 Å². The van der Waals surface area contributed by atoms with Crippen molar-refractivity contribution in [1.82, 2.24) is 0 Å². The third kappa shape index (κ3) is 3.94. The van der Waals surface area contributed by atoms with Gasteiger partial charge in [0.05, 0.1) is 17.6 Å². The highest BCUT2D eigenvalue weighted by Gasteiger charge is 2.14. The highest BCUT2D eigenvalue weighted by Crippen LogP contribution is 2.32. The van der Waals surface area contributed by atoms with Crippen molar-refractivity contribution in [1.29, 1.82) is 0 Å². The van der Waals surface area contributed by atoms with Crippen LogP contribution in [0, 0.1) is 13.7 Å². The standard InChI is InChI=1S/C14H10INO4S/c1-20-14(17)12-8-9(15)2-7-13(12)21-11-5-3-10(4-6-11)16(18)19/h2-8H,1H3. The summed E-state index contributed by atoms with van der Waals surface area (Å²) < 4.78 is 5.71. The Morgan fingerprint density at radius 1 is 1.24 bits per heavy atom. The number of nitrogens with zero attached hydrogens (tertiary/aromatic N) is 1. The third-order valence-corrected chi connectivity index (χ3v) is 4.38. The summed E-state index contributed by atoms with van der Waals surface area (Å²) in [5, 5.41) is 10.6. The zero-order valence-electron chi connectivity index (χ0n) is 10.9. The van der Waals surface area contributed by atoms with Gasteiger partial charge >= 0.3 is 5.97 Å². The molecule has 0 fully saturated rings. The lowest BCUT2D eigenvalue weighted by atomic mass is 10.2. The second-order valence-corrected chi connectivity index (χ2v) is 6.35. The van der Waals surface area contributed by atoms with Gasteiger partial charge in [0.2, 0.25) is 0 Å². The number of hydrogen-bond donors (Lipinski definition) is 0. The molecule has 0 heterocycles. The van der Waals surface area contributed by atoms with E-state index in [-0.39, 0.29) is 5.69 Å². The molecule has 0 aliphatic carbocycles. The predicted molar refractivity (Wildman–Crippen MR) is 87.7 cm³/mol. The van der Waals surface area contributed by atoms with Gasteiger partial charge in [-0.15, -0.1) is 0 Å². The van der Waals surface area contributed by atoms with E-state index in [1.54, 1.807) is 18.2 Å². The van der Waals surface area contributed by atoms with Crippen molar-refractivity contribution >= 4 is 46.0 Å². The van der Waals surface area contributed by atoms with Crippen molar-refractivity contribution in [3.8, 4) is 0 Å². The van der Waals surface area contributed by atoms with Gasteiger partial charge < -0.3 is 4.74 Å². The first-order valence-electron chi connectivity index (χ1n) is 5.81. The Hall–Kier alpha value is -1.61. The summed E-state index contributed by atoms with van der Waals surface area (Å²) in [5.74, 6) is -0.405. The van der Waals surface area contributed by atoms with Gasteiger partial charge in [-0.25, -0.2) is 4.79 Å². The molecule has 0 saturated heterocycles. The third-order valence-electron chi connectivity index (χ3n) is 2.62. The smallest absolute Gasteiger partial charge is 0.339 e. The molecule has 0 amide bonds. The first-order chi connectivity index (χ1) is 10.0. The quantitative estimate of drug-likeness (QED) is 0.325. The fraction of sp³-hybridized carbons (Fsp3) is 0.0714. The minimum absolute atomic E-state index is 0.0372. The summed E-state index contributed by atoms with van der Waals surface area (Å²) in [7, 11) is 1.34. The number of benzene rings is 2. The van der Waals surface area contributed by atoms with E-state index in [1.165, 1.54) is 31.0 Å². The Balaban J connectivity index is 2.30. The molecular weight excluding hydrogens is 405 g/mol. The maximum atomic E-state index is 11.8. The fourth-order valence-electron chi connectivity index (χ4n) is 1.62. The maximum Gasteiger partial charge on any atom is 0.339 e. The lowest BCUT2D eigenvalue weighted by molar-refractivity contribution is -0.384. The number of nitro benzene ring substituents is 1. The van der Waals surface area contributed by atoms with E-state index in [2.05, 4.69) is 22.6 Å². The molecule has 0 aromatic heterocycles. The van der Waals surface area contributed by atoms with E-state index < -0.39 is 10.9 Å². The Labute approximate surface area is 139 Å². The van der Waals surface area contributed by atoms with Crippen LogP contribution in [-0.4, -0.2) is 18.0 Å². The van der Waals surface area contributed by atoms with Gasteiger partial charge in [-0.05, 0) is 52.9 Å². The molecule has 2 aromatic rings. The van der Waals surface area contributed by atoms with E-state index in [0.717, 1.165) is 13.4 Å². The number of esters is 1. The molecule has 2 rings (SSSR count). The van der Waals surface area contributed by atoms with Crippen molar-refractivity contribution in [3.63, 3.8) is 0 Å². The van der Waals surface area contributed by atoms with Crippen molar-refractivity contribution in [2.45, 2.75) is 9.79 Å². The first-order valence-corrected chi connectivity index (χ1v) is 7.71. The summed E-state index contributed by atoms with van der Waals surface area (Å²) in [4.78, 5) is 23.5. The van der Waals surface area contributed by atoms with Gasteiger partial charge in [-0.2, -0.15) is 0 Å². The Morgan fingerprint density at radius 3 is 2.48 bits per heavy atom. The highest BCUT2D eigenvalue weighted by atomic mass is 127. The zero-order chi connectivity index (χ0) is 15.4. The van der Waals surface area contributed by atoms with Gasteiger partial charge in [0.1, 0.15) is 0 Å². The predicted octanol–water partition coefficient (Wildman–Crippen LogP) is 4.14. The van der Waals surface area contributed by atoms with E-state index in [9.17, 15) is 14.9 Å². The molecule has 0 saturated carbocycles. The molecule has 21 heavy (non-hydrogen) atoms. The number of ether oxygens (including phenoxy) is 1. The summed E-state index contributed by atoms with van der Waals surface area (Å²) in [5.41, 5.74) is 0.517. The van der Waals surface area contributed by atoms with Gasteiger partial charge in [-0.1, -0.05) is 11.8 Å². The Morgan fingerprint density at radius 2 is 1.90 bits per heavy atom. The Bertz CT molecular complexity index is 688. The normalized spacial score (nSPS) is 10.2. The van der Waals surface area contributed by atoms with Crippen molar-refractivity contribution in [2.24, 2.45) is 0 Å². The average Bonchev–Trinajstić information content (AvgIpc) is 2.48. The summed E-state index contributed by atoms with van der Waals surface area (Å²) in [6.45, 7) is 0. The number of nitro groups is 1. The molecule has 0 radical (unpaired) electrons. The molecule has 0 aliphatic rings. The number of non-ortho nitro benzene ring substituents is 1.